The Labute approximate surface area is 238 Å². The number of nitrogens with zero attached hydrogens (tertiary/aromatic N) is 2. The van der Waals surface area contributed by atoms with Crippen LogP contribution in [0, 0.1) is 0 Å². The lowest BCUT2D eigenvalue weighted by Gasteiger charge is -2.23. The second kappa shape index (κ2) is 10.6. The van der Waals surface area contributed by atoms with Gasteiger partial charge in [-0.25, -0.2) is 9.78 Å². The van der Waals surface area contributed by atoms with Crippen molar-refractivity contribution in [3.05, 3.63) is 82.9 Å². The van der Waals surface area contributed by atoms with Crippen LogP contribution in [0.1, 0.15) is 34.5 Å². The van der Waals surface area contributed by atoms with Crippen LogP contribution >= 0.6 is 11.3 Å². The Hall–Kier alpha value is -4.90. The van der Waals surface area contributed by atoms with E-state index in [1.807, 2.05) is 13.0 Å². The van der Waals surface area contributed by atoms with Crippen molar-refractivity contribution in [1.29, 1.82) is 0 Å². The number of hydrogen-bond acceptors (Lipinski definition) is 10. The van der Waals surface area contributed by atoms with Crippen LogP contribution < -0.4 is 19.1 Å². The van der Waals surface area contributed by atoms with Gasteiger partial charge >= 0.3 is 11.9 Å². The topological polar surface area (TPSA) is 124 Å². The molecule has 4 aromatic rings. The highest BCUT2D eigenvalue weighted by molar-refractivity contribution is 7.22. The average Bonchev–Trinajstić information content (AvgIpc) is 3.53. The lowest BCUT2D eigenvalue weighted by atomic mass is 9.94. The maximum Gasteiger partial charge on any atom is 0.337 e. The minimum absolute atomic E-state index is 0.119. The SMILES string of the molecule is CCOc1ccc2nc(N3C(=O)C(=O)C(=C(O)c4ccc5c(c4)OCCO5)[C@H]3c3ccc(C(=O)OC)cc3)sc2c1. The molecule has 1 atom stereocenters. The van der Waals surface area contributed by atoms with Gasteiger partial charge in [-0.05, 0) is 61.0 Å². The number of ether oxygens (including phenoxy) is 4. The Morgan fingerprint density at radius 2 is 1.76 bits per heavy atom. The van der Waals surface area contributed by atoms with Crippen LogP contribution in [0.2, 0.25) is 0 Å². The van der Waals surface area contributed by atoms with Crippen molar-refractivity contribution >= 4 is 50.1 Å². The third-order valence-electron chi connectivity index (χ3n) is 6.77. The number of carbonyl (C=O) groups excluding carboxylic acids is 3. The number of methoxy groups -OCH3 is 1. The first kappa shape index (κ1) is 26.3. The molecule has 41 heavy (non-hydrogen) atoms. The normalized spacial score (nSPS) is 17.6. The highest BCUT2D eigenvalue weighted by Crippen LogP contribution is 2.45. The summed E-state index contributed by atoms with van der Waals surface area (Å²) < 4.78 is 22.4. The lowest BCUT2D eigenvalue weighted by molar-refractivity contribution is -0.132. The number of rotatable bonds is 6. The fourth-order valence-electron chi connectivity index (χ4n) is 4.86. The summed E-state index contributed by atoms with van der Waals surface area (Å²) in [7, 11) is 1.28. The van der Waals surface area contributed by atoms with E-state index in [1.54, 1.807) is 42.5 Å². The fraction of sp³-hybridized carbons (Fsp3) is 0.200. The van der Waals surface area contributed by atoms with Gasteiger partial charge in [0.2, 0.25) is 0 Å². The Morgan fingerprint density at radius 1 is 1.02 bits per heavy atom. The van der Waals surface area contributed by atoms with Crippen molar-refractivity contribution in [3.63, 3.8) is 0 Å². The van der Waals surface area contributed by atoms with E-state index in [2.05, 4.69) is 4.98 Å². The molecule has 0 bridgehead atoms. The predicted molar refractivity (Wildman–Crippen MR) is 151 cm³/mol. The molecule has 208 valence electrons. The molecule has 0 spiro atoms. The van der Waals surface area contributed by atoms with Gasteiger partial charge in [-0.3, -0.25) is 14.5 Å². The fourth-order valence-corrected chi connectivity index (χ4v) is 5.88. The molecule has 1 fully saturated rings. The number of amides is 1. The van der Waals surface area contributed by atoms with Gasteiger partial charge in [-0.1, -0.05) is 23.5 Å². The molecule has 11 heteroatoms. The monoisotopic (exact) mass is 572 g/mol. The van der Waals surface area contributed by atoms with E-state index in [0.717, 1.165) is 4.70 Å². The molecule has 1 N–H and O–H groups in total. The van der Waals surface area contributed by atoms with Gasteiger partial charge in [-0.15, -0.1) is 0 Å². The minimum Gasteiger partial charge on any atom is -0.507 e. The highest BCUT2D eigenvalue weighted by Gasteiger charge is 2.48. The zero-order valence-corrected chi connectivity index (χ0v) is 22.9. The van der Waals surface area contributed by atoms with Gasteiger partial charge in [0.1, 0.15) is 24.7 Å². The molecule has 3 heterocycles. The summed E-state index contributed by atoms with van der Waals surface area (Å²) in [5.74, 6) is -1.01. The van der Waals surface area contributed by atoms with E-state index in [9.17, 15) is 19.5 Å². The van der Waals surface area contributed by atoms with Gasteiger partial charge < -0.3 is 24.1 Å². The minimum atomic E-state index is -1.03. The number of carbonyl (C=O) groups is 3. The van der Waals surface area contributed by atoms with Crippen molar-refractivity contribution in [2.75, 3.05) is 31.8 Å². The molecule has 0 radical (unpaired) electrons. The molecule has 0 unspecified atom stereocenters. The van der Waals surface area contributed by atoms with E-state index >= 15 is 0 Å². The molecular formula is C30H24N2O8S. The van der Waals surface area contributed by atoms with Crippen LogP contribution in [0.3, 0.4) is 0 Å². The van der Waals surface area contributed by atoms with Gasteiger partial charge in [0.05, 0.1) is 41.1 Å². The number of aliphatic hydroxyl groups is 1. The predicted octanol–water partition coefficient (Wildman–Crippen LogP) is 4.88. The van der Waals surface area contributed by atoms with E-state index in [-0.39, 0.29) is 22.0 Å². The van der Waals surface area contributed by atoms with Crippen LogP contribution in [-0.2, 0) is 14.3 Å². The van der Waals surface area contributed by atoms with Crippen LogP contribution in [0.4, 0.5) is 5.13 Å². The highest BCUT2D eigenvalue weighted by atomic mass is 32.1. The number of esters is 1. The van der Waals surface area contributed by atoms with Gasteiger partial charge in [0.15, 0.2) is 16.6 Å². The first-order valence-electron chi connectivity index (χ1n) is 12.8. The number of hydrogen-bond donors (Lipinski definition) is 1. The van der Waals surface area contributed by atoms with E-state index in [4.69, 9.17) is 18.9 Å². The molecule has 1 aromatic heterocycles. The number of Topliss-reactive ketones (excluding diaryl/α,β-unsaturated/α-hetero) is 1. The van der Waals surface area contributed by atoms with Crippen LogP contribution in [0.5, 0.6) is 17.2 Å². The molecule has 1 saturated heterocycles. The van der Waals surface area contributed by atoms with Gasteiger partial charge in [0, 0.05) is 5.56 Å². The van der Waals surface area contributed by atoms with Crippen molar-refractivity contribution < 1.29 is 38.4 Å². The van der Waals surface area contributed by atoms with E-state index in [1.165, 1.54) is 35.5 Å². The zero-order chi connectivity index (χ0) is 28.7. The van der Waals surface area contributed by atoms with E-state index < -0.39 is 23.7 Å². The van der Waals surface area contributed by atoms with Crippen LogP contribution in [-0.4, -0.2) is 54.7 Å². The molecule has 1 amide bonds. The Bertz CT molecular complexity index is 1730. The first-order chi connectivity index (χ1) is 19.9. The second-order valence-corrected chi connectivity index (χ2v) is 10.2. The molecule has 2 aliphatic heterocycles. The van der Waals surface area contributed by atoms with Gasteiger partial charge in [0.25, 0.3) is 5.78 Å². The number of thiazole rings is 1. The number of benzene rings is 3. The van der Waals surface area contributed by atoms with Crippen LogP contribution in [0.15, 0.2) is 66.2 Å². The number of anilines is 1. The number of fused-ring (bicyclic) bond motifs is 2. The second-order valence-electron chi connectivity index (χ2n) is 9.20. The summed E-state index contributed by atoms with van der Waals surface area (Å²) in [6.45, 7) is 3.12. The molecule has 3 aromatic carbocycles. The standard InChI is InChI=1S/C30H24N2O8S/c1-3-38-19-9-10-20-23(15-19)41-30(31-20)32-25(16-4-6-17(7-5-16)29(36)37-2)24(27(34)28(32)35)26(33)18-8-11-21-22(14-18)40-13-12-39-21/h4-11,14-15,25,33H,3,12-13H2,1-2H3/t25-/m1/s1. The van der Waals surface area contributed by atoms with Crippen molar-refractivity contribution in [2.45, 2.75) is 13.0 Å². The molecule has 6 rings (SSSR count). The van der Waals surface area contributed by atoms with Gasteiger partial charge in [-0.2, -0.15) is 0 Å². The summed E-state index contributed by atoms with van der Waals surface area (Å²) >= 11 is 1.23. The quantitative estimate of drug-likeness (QED) is 0.149. The summed E-state index contributed by atoms with van der Waals surface area (Å²) in [4.78, 5) is 45.1. The summed E-state index contributed by atoms with van der Waals surface area (Å²) in [5, 5.41) is 11.8. The largest absolute Gasteiger partial charge is 0.507 e. The summed E-state index contributed by atoms with van der Waals surface area (Å²) in [6.07, 6.45) is 0. The lowest BCUT2D eigenvalue weighted by Crippen LogP contribution is -2.29. The van der Waals surface area contributed by atoms with Crippen molar-refractivity contribution in [3.8, 4) is 17.2 Å². The number of aliphatic hydroxyl groups excluding tert-OH is 1. The Morgan fingerprint density at radius 3 is 2.49 bits per heavy atom. The number of aromatic nitrogens is 1. The van der Waals surface area contributed by atoms with Crippen molar-refractivity contribution in [1.82, 2.24) is 4.98 Å². The summed E-state index contributed by atoms with van der Waals surface area (Å²) in [5.41, 5.74) is 1.58. The maximum absolute atomic E-state index is 13.6. The third kappa shape index (κ3) is 4.63. The molecule has 0 aliphatic carbocycles. The van der Waals surface area contributed by atoms with Crippen LogP contribution in [0.25, 0.3) is 16.0 Å². The first-order valence-corrected chi connectivity index (χ1v) is 13.6. The van der Waals surface area contributed by atoms with Crippen molar-refractivity contribution in [2.24, 2.45) is 0 Å². The Balaban J connectivity index is 1.50. The smallest absolute Gasteiger partial charge is 0.337 e. The number of ketones is 1. The third-order valence-corrected chi connectivity index (χ3v) is 7.79. The molecule has 2 aliphatic rings. The molecule has 10 nitrogen and oxygen atoms in total. The molecule has 0 saturated carbocycles. The maximum atomic E-state index is 13.6. The zero-order valence-electron chi connectivity index (χ0n) is 22.1. The average molecular weight is 573 g/mol. The van der Waals surface area contributed by atoms with E-state index in [0.29, 0.717) is 53.7 Å². The Kier molecular flexibility index (Phi) is 6.80. The molecular weight excluding hydrogens is 548 g/mol. The summed E-state index contributed by atoms with van der Waals surface area (Å²) in [6, 6.07) is 15.5.